The number of aromatic nitrogens is 1. The minimum absolute atomic E-state index is 0.155. The van der Waals surface area contributed by atoms with Gasteiger partial charge in [-0.2, -0.15) is 0 Å². The van der Waals surface area contributed by atoms with Crippen LogP contribution < -0.4 is 0 Å². The van der Waals surface area contributed by atoms with Gasteiger partial charge in [-0.1, -0.05) is 24.8 Å². The molecule has 1 aromatic carbocycles. The lowest BCUT2D eigenvalue weighted by Crippen LogP contribution is -2.27. The lowest BCUT2D eigenvalue weighted by Gasteiger charge is -2.20. The van der Waals surface area contributed by atoms with Gasteiger partial charge in [-0.15, -0.1) is 0 Å². The van der Waals surface area contributed by atoms with Crippen LogP contribution in [0.1, 0.15) is 32.0 Å². The van der Waals surface area contributed by atoms with Crippen LogP contribution in [-0.2, 0) is 11.3 Å². The predicted octanol–water partition coefficient (Wildman–Crippen LogP) is 3.56. The van der Waals surface area contributed by atoms with Crippen LogP contribution in [0.15, 0.2) is 30.8 Å². The number of aliphatic hydroxyl groups is 1. The van der Waals surface area contributed by atoms with Crippen molar-refractivity contribution in [3.63, 3.8) is 0 Å². The number of nitrogens with zero attached hydrogens (tertiary/aromatic N) is 1. The maximum Gasteiger partial charge on any atom is 0.419 e. The first-order valence-electron chi connectivity index (χ1n) is 6.48. The Balaban J connectivity index is 2.68. The molecule has 0 unspecified atom stereocenters. The fourth-order valence-electron chi connectivity index (χ4n) is 2.21. The summed E-state index contributed by atoms with van der Waals surface area (Å²) in [6.45, 7) is 9.03. The van der Waals surface area contributed by atoms with Crippen molar-refractivity contribution < 1.29 is 14.6 Å². The van der Waals surface area contributed by atoms with Gasteiger partial charge < -0.3 is 9.84 Å². The van der Waals surface area contributed by atoms with Crippen molar-refractivity contribution in [3.8, 4) is 0 Å². The highest BCUT2D eigenvalue weighted by Crippen LogP contribution is 2.28. The first-order valence-corrected chi connectivity index (χ1v) is 6.48. The molecular weight excluding hydrogens is 254 g/mol. The Labute approximate surface area is 118 Å². The molecule has 1 aromatic heterocycles. The quantitative estimate of drug-likeness (QED) is 0.910. The number of hydrogen-bond donors (Lipinski definition) is 1. The van der Waals surface area contributed by atoms with E-state index in [1.807, 2.05) is 45.0 Å². The Hall–Kier alpha value is -2.07. The molecule has 4 heteroatoms. The van der Waals surface area contributed by atoms with E-state index in [9.17, 15) is 9.90 Å². The van der Waals surface area contributed by atoms with Gasteiger partial charge in [0.1, 0.15) is 5.60 Å². The number of hydrogen-bond acceptors (Lipinski definition) is 3. The van der Waals surface area contributed by atoms with Crippen LogP contribution in [0, 0.1) is 0 Å². The maximum atomic E-state index is 12.4. The summed E-state index contributed by atoms with van der Waals surface area (Å²) in [6.07, 6.45) is 1.10. The van der Waals surface area contributed by atoms with Crippen molar-refractivity contribution in [2.24, 2.45) is 0 Å². The van der Waals surface area contributed by atoms with Crippen LogP contribution in [0.2, 0.25) is 0 Å². The van der Waals surface area contributed by atoms with E-state index in [0.717, 1.165) is 5.39 Å². The molecule has 4 nitrogen and oxygen atoms in total. The molecule has 0 saturated carbocycles. The number of fused-ring (bicyclic) bond motifs is 1. The minimum Gasteiger partial charge on any atom is -0.443 e. The summed E-state index contributed by atoms with van der Waals surface area (Å²) in [7, 11) is 0. The van der Waals surface area contributed by atoms with E-state index in [0.29, 0.717) is 16.8 Å². The number of carbonyl (C=O) groups is 1. The van der Waals surface area contributed by atoms with Gasteiger partial charge >= 0.3 is 6.09 Å². The second-order valence-corrected chi connectivity index (χ2v) is 5.56. The van der Waals surface area contributed by atoms with E-state index in [2.05, 4.69) is 6.58 Å². The van der Waals surface area contributed by atoms with Gasteiger partial charge in [0.25, 0.3) is 0 Å². The molecule has 0 aliphatic carbocycles. The summed E-state index contributed by atoms with van der Waals surface area (Å²) in [6, 6.07) is 7.41. The zero-order valence-electron chi connectivity index (χ0n) is 12.0. The number of para-hydroxylation sites is 1. The van der Waals surface area contributed by atoms with E-state index >= 15 is 0 Å². The third-order valence-corrected chi connectivity index (χ3v) is 2.95. The summed E-state index contributed by atoms with van der Waals surface area (Å²) in [5.74, 6) is 0. The number of aliphatic hydroxyl groups excluding tert-OH is 1. The number of ether oxygens (including phenoxy) is 1. The second-order valence-electron chi connectivity index (χ2n) is 5.56. The van der Waals surface area contributed by atoms with Crippen molar-refractivity contribution >= 4 is 23.1 Å². The average molecular weight is 273 g/mol. The zero-order valence-corrected chi connectivity index (χ0v) is 12.0. The highest BCUT2D eigenvalue weighted by molar-refractivity contribution is 5.96. The third kappa shape index (κ3) is 2.47. The van der Waals surface area contributed by atoms with Crippen LogP contribution >= 0.6 is 0 Å². The first kappa shape index (κ1) is 14.3. The predicted molar refractivity (Wildman–Crippen MR) is 79.6 cm³/mol. The van der Waals surface area contributed by atoms with E-state index < -0.39 is 11.7 Å². The maximum absolute atomic E-state index is 12.4. The summed E-state index contributed by atoms with van der Waals surface area (Å²) < 4.78 is 6.88. The average Bonchev–Trinajstić information content (AvgIpc) is 2.69. The van der Waals surface area contributed by atoms with Crippen LogP contribution in [0.5, 0.6) is 0 Å². The summed E-state index contributed by atoms with van der Waals surface area (Å²) in [4.78, 5) is 12.4. The van der Waals surface area contributed by atoms with Gasteiger partial charge in [-0.05, 0) is 32.9 Å². The Bertz CT molecular complexity index is 662. The van der Waals surface area contributed by atoms with Gasteiger partial charge in [0.05, 0.1) is 17.8 Å². The molecule has 0 fully saturated rings. The van der Waals surface area contributed by atoms with Gasteiger partial charge in [-0.3, -0.25) is 0 Å². The standard InChI is InChI=1S/C16H19NO3/c1-5-13-12(10-18)11-8-6-7-9-14(11)17(13)15(19)20-16(2,3)4/h5-9,18H,1,10H2,2-4H3. The smallest absolute Gasteiger partial charge is 0.419 e. The highest BCUT2D eigenvalue weighted by Gasteiger charge is 2.23. The van der Waals surface area contributed by atoms with Crippen LogP contribution in [0.25, 0.3) is 17.0 Å². The fraction of sp³-hybridized carbons (Fsp3) is 0.312. The molecule has 1 N–H and O–H groups in total. The molecule has 1 heterocycles. The van der Waals surface area contributed by atoms with Crippen molar-refractivity contribution in [2.75, 3.05) is 0 Å². The zero-order chi connectivity index (χ0) is 14.9. The molecule has 0 atom stereocenters. The molecule has 0 saturated heterocycles. The Kier molecular flexibility index (Phi) is 3.68. The monoisotopic (exact) mass is 273 g/mol. The van der Waals surface area contributed by atoms with E-state index in [4.69, 9.17) is 4.74 Å². The highest BCUT2D eigenvalue weighted by atomic mass is 16.6. The Morgan fingerprint density at radius 2 is 2.05 bits per heavy atom. The number of rotatable bonds is 2. The molecule has 0 aliphatic heterocycles. The van der Waals surface area contributed by atoms with Gasteiger partial charge in [0.15, 0.2) is 0 Å². The molecule has 2 rings (SSSR count). The minimum atomic E-state index is -0.583. The number of carbonyl (C=O) groups excluding carboxylic acids is 1. The van der Waals surface area contributed by atoms with Gasteiger partial charge in [-0.25, -0.2) is 9.36 Å². The summed E-state index contributed by atoms with van der Waals surface area (Å²) in [5, 5.41) is 10.4. The molecule has 0 radical (unpaired) electrons. The summed E-state index contributed by atoms with van der Waals surface area (Å²) in [5.41, 5.74) is 1.38. The van der Waals surface area contributed by atoms with Crippen molar-refractivity contribution in [3.05, 3.63) is 42.1 Å². The van der Waals surface area contributed by atoms with Crippen molar-refractivity contribution in [1.82, 2.24) is 4.57 Å². The lowest BCUT2D eigenvalue weighted by atomic mass is 10.1. The van der Waals surface area contributed by atoms with E-state index in [1.54, 1.807) is 6.08 Å². The topological polar surface area (TPSA) is 51.5 Å². The first-order chi connectivity index (χ1) is 9.39. The molecule has 2 aromatic rings. The fourth-order valence-corrected chi connectivity index (χ4v) is 2.21. The number of benzene rings is 1. The van der Waals surface area contributed by atoms with Crippen LogP contribution in [0.4, 0.5) is 4.79 Å². The second kappa shape index (κ2) is 5.13. The normalized spacial score (nSPS) is 11.6. The molecule has 0 bridgehead atoms. The molecule has 0 spiro atoms. The molecule has 0 amide bonds. The van der Waals surface area contributed by atoms with Gasteiger partial charge in [0.2, 0.25) is 0 Å². The third-order valence-electron chi connectivity index (χ3n) is 2.95. The Morgan fingerprint density at radius 3 is 2.60 bits per heavy atom. The summed E-state index contributed by atoms with van der Waals surface area (Å²) >= 11 is 0. The molecule has 20 heavy (non-hydrogen) atoms. The van der Waals surface area contributed by atoms with E-state index in [-0.39, 0.29) is 6.61 Å². The van der Waals surface area contributed by atoms with Crippen molar-refractivity contribution in [2.45, 2.75) is 33.0 Å². The SMILES string of the molecule is C=Cc1c(CO)c2ccccc2n1C(=O)OC(C)(C)C. The van der Waals surface area contributed by atoms with Gasteiger partial charge in [0, 0.05) is 10.9 Å². The van der Waals surface area contributed by atoms with Crippen LogP contribution in [-0.4, -0.2) is 21.4 Å². The van der Waals surface area contributed by atoms with E-state index in [1.165, 1.54) is 4.57 Å². The van der Waals surface area contributed by atoms with Crippen molar-refractivity contribution in [1.29, 1.82) is 0 Å². The molecule has 0 aliphatic rings. The Morgan fingerprint density at radius 1 is 1.40 bits per heavy atom. The van der Waals surface area contributed by atoms with Crippen LogP contribution in [0.3, 0.4) is 0 Å². The molecular formula is C16H19NO3. The molecule has 106 valence electrons. The largest absolute Gasteiger partial charge is 0.443 e. The lowest BCUT2D eigenvalue weighted by molar-refractivity contribution is 0.0543.